The molecule has 5 nitrogen and oxygen atoms in total. The van der Waals surface area contributed by atoms with Crippen LogP contribution in [0.4, 0.5) is 0 Å². The molecule has 0 heterocycles. The van der Waals surface area contributed by atoms with Crippen molar-refractivity contribution in [1.29, 1.82) is 0 Å². The number of nitrogens with two attached hydrogens (primary N) is 1. The van der Waals surface area contributed by atoms with Crippen molar-refractivity contribution in [2.24, 2.45) is 17.6 Å². The minimum absolute atomic E-state index is 0. The molecule has 2 rings (SSSR count). The van der Waals surface area contributed by atoms with Crippen molar-refractivity contribution in [3.05, 3.63) is 0 Å². The molecule has 2 fully saturated rings. The fourth-order valence-electron chi connectivity index (χ4n) is 3.84. The number of hydrogen-bond donors (Lipinski definition) is 3. The molecule has 0 spiro atoms. The summed E-state index contributed by atoms with van der Waals surface area (Å²) in [6, 6.07) is 0.182. The predicted octanol–water partition coefficient (Wildman–Crippen LogP) is 2.13. The van der Waals surface area contributed by atoms with Crippen LogP contribution in [0.15, 0.2) is 0 Å². The molecule has 0 aromatic heterocycles. The van der Waals surface area contributed by atoms with Crippen LogP contribution in [0.5, 0.6) is 0 Å². The van der Waals surface area contributed by atoms with Crippen molar-refractivity contribution in [3.8, 4) is 0 Å². The maximum Gasteiger partial charge on any atom is 0.239 e. The van der Waals surface area contributed by atoms with Gasteiger partial charge < -0.3 is 16.4 Å². The summed E-state index contributed by atoms with van der Waals surface area (Å²) < 4.78 is 0. The Morgan fingerprint density at radius 1 is 0.913 bits per heavy atom. The molecule has 23 heavy (non-hydrogen) atoms. The Morgan fingerprint density at radius 3 is 2.26 bits per heavy atom. The third-order valence-electron chi connectivity index (χ3n) is 5.20. The van der Waals surface area contributed by atoms with Gasteiger partial charge in [0, 0.05) is 12.5 Å². The zero-order chi connectivity index (χ0) is 15.8. The van der Waals surface area contributed by atoms with Gasteiger partial charge in [-0.2, -0.15) is 0 Å². The number of amides is 2. The van der Waals surface area contributed by atoms with Gasteiger partial charge in [0.2, 0.25) is 11.8 Å². The first-order chi connectivity index (χ1) is 10.7. The van der Waals surface area contributed by atoms with Gasteiger partial charge in [-0.25, -0.2) is 0 Å². The number of nitrogens with one attached hydrogen (secondary N) is 2. The number of carbonyl (C=O) groups is 2. The Morgan fingerprint density at radius 2 is 1.57 bits per heavy atom. The fourth-order valence-corrected chi connectivity index (χ4v) is 3.84. The Balaban J connectivity index is 0.00000264. The van der Waals surface area contributed by atoms with Crippen molar-refractivity contribution in [3.63, 3.8) is 0 Å². The van der Waals surface area contributed by atoms with Crippen LogP contribution >= 0.6 is 12.4 Å². The minimum atomic E-state index is -0.0812. The van der Waals surface area contributed by atoms with Crippen molar-refractivity contribution >= 4 is 24.2 Å². The molecule has 0 saturated heterocycles. The zero-order valence-electron chi connectivity index (χ0n) is 14.0. The van der Waals surface area contributed by atoms with Crippen molar-refractivity contribution in [2.45, 2.75) is 70.3 Å². The minimum Gasteiger partial charge on any atom is -0.352 e. The molecular formula is C17H32ClN3O2. The monoisotopic (exact) mass is 345 g/mol. The molecule has 0 aromatic rings. The van der Waals surface area contributed by atoms with Gasteiger partial charge in [-0.3, -0.25) is 9.59 Å². The van der Waals surface area contributed by atoms with E-state index in [9.17, 15) is 9.59 Å². The van der Waals surface area contributed by atoms with Gasteiger partial charge in [-0.1, -0.05) is 32.1 Å². The second-order valence-electron chi connectivity index (χ2n) is 6.94. The van der Waals surface area contributed by atoms with Crippen LogP contribution in [0.1, 0.15) is 64.2 Å². The molecule has 2 aliphatic rings. The van der Waals surface area contributed by atoms with Crippen LogP contribution in [-0.2, 0) is 9.59 Å². The van der Waals surface area contributed by atoms with Crippen LogP contribution in [0.25, 0.3) is 0 Å². The first-order valence-corrected chi connectivity index (χ1v) is 8.95. The standard InChI is InChI=1S/C17H31N3O2.ClH/c18-11-14-8-4-5-9-15(14)20-17(22)12-19-16(21)10-13-6-2-1-3-7-13;/h13-15H,1-12,18H2,(H,19,21)(H,20,22);1H. The van der Waals surface area contributed by atoms with E-state index in [1.54, 1.807) is 0 Å². The molecule has 2 saturated carbocycles. The van der Waals surface area contributed by atoms with Crippen LogP contribution in [0.2, 0.25) is 0 Å². The Kier molecular flexibility index (Phi) is 9.56. The van der Waals surface area contributed by atoms with Gasteiger partial charge in [0.15, 0.2) is 0 Å². The topological polar surface area (TPSA) is 84.2 Å². The molecule has 134 valence electrons. The van der Waals surface area contributed by atoms with Crippen LogP contribution in [-0.4, -0.2) is 30.9 Å². The number of carbonyl (C=O) groups excluding carboxylic acids is 2. The molecule has 2 amide bonds. The third-order valence-corrected chi connectivity index (χ3v) is 5.20. The highest BCUT2D eigenvalue weighted by atomic mass is 35.5. The molecule has 2 atom stereocenters. The second kappa shape index (κ2) is 10.9. The molecule has 0 aliphatic heterocycles. The van der Waals surface area contributed by atoms with Crippen molar-refractivity contribution < 1.29 is 9.59 Å². The zero-order valence-corrected chi connectivity index (χ0v) is 14.8. The highest BCUT2D eigenvalue weighted by Crippen LogP contribution is 2.26. The van der Waals surface area contributed by atoms with E-state index in [2.05, 4.69) is 10.6 Å². The summed E-state index contributed by atoms with van der Waals surface area (Å²) in [4.78, 5) is 23.9. The third kappa shape index (κ3) is 7.08. The highest BCUT2D eigenvalue weighted by molar-refractivity contribution is 5.85. The molecular weight excluding hydrogens is 314 g/mol. The quantitative estimate of drug-likeness (QED) is 0.689. The van der Waals surface area contributed by atoms with E-state index >= 15 is 0 Å². The average molecular weight is 346 g/mol. The van der Waals surface area contributed by atoms with Gasteiger partial charge >= 0.3 is 0 Å². The normalized spacial score (nSPS) is 25.3. The van der Waals surface area contributed by atoms with E-state index in [0.29, 0.717) is 24.8 Å². The maximum atomic E-state index is 12.0. The molecule has 6 heteroatoms. The average Bonchev–Trinajstić information content (AvgIpc) is 2.54. The summed E-state index contributed by atoms with van der Waals surface area (Å²) in [5.41, 5.74) is 5.77. The predicted molar refractivity (Wildman–Crippen MR) is 94.4 cm³/mol. The van der Waals surface area contributed by atoms with Gasteiger partial charge in [0.25, 0.3) is 0 Å². The van der Waals surface area contributed by atoms with Gasteiger partial charge in [0.1, 0.15) is 0 Å². The molecule has 2 unspecified atom stereocenters. The van der Waals surface area contributed by atoms with Crippen LogP contribution in [0.3, 0.4) is 0 Å². The van der Waals surface area contributed by atoms with Crippen LogP contribution in [0, 0.1) is 11.8 Å². The second-order valence-corrected chi connectivity index (χ2v) is 6.94. The van der Waals surface area contributed by atoms with E-state index in [0.717, 1.165) is 32.1 Å². The highest BCUT2D eigenvalue weighted by Gasteiger charge is 2.25. The van der Waals surface area contributed by atoms with Crippen LogP contribution < -0.4 is 16.4 Å². The molecule has 0 radical (unpaired) electrons. The summed E-state index contributed by atoms with van der Waals surface area (Å²) in [6.07, 6.45) is 11.1. The molecule has 0 aromatic carbocycles. The summed E-state index contributed by atoms with van der Waals surface area (Å²) in [5, 5.41) is 5.82. The van der Waals surface area contributed by atoms with E-state index in [1.807, 2.05) is 0 Å². The largest absolute Gasteiger partial charge is 0.352 e. The Bertz CT molecular complexity index is 373. The summed E-state index contributed by atoms with van der Waals surface area (Å²) >= 11 is 0. The van der Waals surface area contributed by atoms with Crippen molar-refractivity contribution in [2.75, 3.05) is 13.1 Å². The summed E-state index contributed by atoms with van der Waals surface area (Å²) in [6.45, 7) is 0.721. The van der Waals surface area contributed by atoms with Gasteiger partial charge in [0.05, 0.1) is 6.54 Å². The van der Waals surface area contributed by atoms with E-state index < -0.39 is 0 Å². The summed E-state index contributed by atoms with van der Waals surface area (Å²) in [7, 11) is 0. The lowest BCUT2D eigenvalue weighted by atomic mass is 9.84. The summed E-state index contributed by atoms with van der Waals surface area (Å²) in [5.74, 6) is 0.829. The lowest BCUT2D eigenvalue weighted by Gasteiger charge is -2.31. The fraction of sp³-hybridized carbons (Fsp3) is 0.882. The van der Waals surface area contributed by atoms with Gasteiger partial charge in [-0.15, -0.1) is 12.4 Å². The molecule has 4 N–H and O–H groups in total. The van der Waals surface area contributed by atoms with E-state index in [1.165, 1.54) is 25.7 Å². The lowest BCUT2D eigenvalue weighted by molar-refractivity contribution is -0.127. The lowest BCUT2D eigenvalue weighted by Crippen LogP contribution is -2.48. The molecule has 0 bridgehead atoms. The van der Waals surface area contributed by atoms with Gasteiger partial charge in [-0.05, 0) is 44.1 Å². The first-order valence-electron chi connectivity index (χ1n) is 8.95. The Hall–Kier alpha value is -0.810. The number of rotatable bonds is 6. The Labute approximate surface area is 145 Å². The SMILES string of the molecule is Cl.NCC1CCCCC1NC(=O)CNC(=O)CC1CCCCC1. The van der Waals surface area contributed by atoms with E-state index in [4.69, 9.17) is 5.73 Å². The van der Waals surface area contributed by atoms with E-state index in [-0.39, 0.29) is 36.8 Å². The smallest absolute Gasteiger partial charge is 0.239 e. The first kappa shape index (κ1) is 20.2. The maximum absolute atomic E-state index is 12.0. The number of halogens is 1. The van der Waals surface area contributed by atoms with Crippen molar-refractivity contribution in [1.82, 2.24) is 10.6 Å². The molecule has 2 aliphatic carbocycles. The number of hydrogen-bond acceptors (Lipinski definition) is 3.